The highest BCUT2D eigenvalue weighted by Gasteiger charge is 2.18. The van der Waals surface area contributed by atoms with Crippen molar-refractivity contribution in [3.05, 3.63) is 75.9 Å². The molecule has 6 heteroatoms. The molecule has 0 unspecified atom stereocenters. The number of halogens is 2. The van der Waals surface area contributed by atoms with Crippen LogP contribution in [0.2, 0.25) is 5.15 Å². The molecule has 0 bridgehead atoms. The zero-order valence-electron chi connectivity index (χ0n) is 14.1. The van der Waals surface area contributed by atoms with Gasteiger partial charge in [-0.2, -0.15) is 9.49 Å². The Kier molecular flexibility index (Phi) is 5.27. The first-order valence-corrected chi connectivity index (χ1v) is 8.51. The van der Waals surface area contributed by atoms with Crippen molar-refractivity contribution < 1.29 is 4.39 Å². The van der Waals surface area contributed by atoms with Gasteiger partial charge in [0.05, 0.1) is 17.9 Å². The molecule has 0 N–H and O–H groups in total. The molecule has 0 amide bonds. The topological polar surface area (TPSA) is 41.9 Å². The highest BCUT2D eigenvalue weighted by atomic mass is 35.5. The zero-order valence-corrected chi connectivity index (χ0v) is 14.9. The van der Waals surface area contributed by atoms with E-state index in [0.717, 1.165) is 29.7 Å². The minimum atomic E-state index is -0.518. The summed E-state index contributed by atoms with van der Waals surface area (Å²) in [5.74, 6) is -0.518. The molecule has 3 heterocycles. The third-order valence-corrected chi connectivity index (χ3v) is 4.38. The predicted octanol–water partition coefficient (Wildman–Crippen LogP) is 4.45. The molecule has 25 heavy (non-hydrogen) atoms. The van der Waals surface area contributed by atoms with Crippen LogP contribution in [-0.2, 0) is 13.0 Å². The largest absolute Gasteiger partial charge is 0.334 e. The second-order valence-corrected chi connectivity index (χ2v) is 6.12. The number of nitrogens with zero attached hydrogens (tertiary/aromatic N) is 4. The molecule has 0 saturated heterocycles. The summed E-state index contributed by atoms with van der Waals surface area (Å²) >= 11 is 6.13. The maximum absolute atomic E-state index is 13.5. The van der Waals surface area contributed by atoms with Gasteiger partial charge < -0.3 is 4.90 Å². The van der Waals surface area contributed by atoms with Gasteiger partial charge in [0.1, 0.15) is 5.70 Å². The van der Waals surface area contributed by atoms with E-state index in [0.29, 0.717) is 23.1 Å². The molecular formula is C19H18ClFN4. The quantitative estimate of drug-likeness (QED) is 0.586. The van der Waals surface area contributed by atoms with Crippen molar-refractivity contribution in [3.63, 3.8) is 0 Å². The molecule has 0 fully saturated rings. The number of aromatic nitrogens is 3. The first-order valence-electron chi connectivity index (χ1n) is 8.13. The van der Waals surface area contributed by atoms with Gasteiger partial charge in [-0.15, -0.1) is 5.10 Å². The summed E-state index contributed by atoms with van der Waals surface area (Å²) in [5, 5.41) is 8.78. The Morgan fingerprint density at radius 2 is 2.12 bits per heavy atom. The van der Waals surface area contributed by atoms with Crippen LogP contribution in [0.4, 0.5) is 4.39 Å². The van der Waals surface area contributed by atoms with Crippen LogP contribution in [0.5, 0.6) is 0 Å². The van der Waals surface area contributed by atoms with Crippen molar-refractivity contribution in [2.45, 2.75) is 33.2 Å². The van der Waals surface area contributed by atoms with Gasteiger partial charge in [0.25, 0.3) is 0 Å². The van der Waals surface area contributed by atoms with Gasteiger partial charge in [0, 0.05) is 6.20 Å². The maximum atomic E-state index is 13.5. The zero-order chi connectivity index (χ0) is 17.8. The molecule has 4 nitrogen and oxygen atoms in total. The molecular weight excluding hydrogens is 339 g/mol. The first kappa shape index (κ1) is 17.3. The first-order chi connectivity index (χ1) is 12.1. The summed E-state index contributed by atoms with van der Waals surface area (Å²) in [6.07, 6.45) is 7.42. The normalized spacial score (nSPS) is 13.3. The Bertz CT molecular complexity index is 885. The molecule has 0 radical (unpaired) electrons. The van der Waals surface area contributed by atoms with E-state index in [1.54, 1.807) is 18.2 Å². The highest BCUT2D eigenvalue weighted by Crippen LogP contribution is 2.25. The van der Waals surface area contributed by atoms with Crippen LogP contribution in [0.15, 0.2) is 42.3 Å². The van der Waals surface area contributed by atoms with Gasteiger partial charge in [-0.25, -0.2) is 4.98 Å². The van der Waals surface area contributed by atoms with E-state index < -0.39 is 5.95 Å². The Labute approximate surface area is 151 Å². The lowest BCUT2D eigenvalue weighted by atomic mass is 10.0. The average Bonchev–Trinajstić information content (AvgIpc) is 2.62. The minimum Gasteiger partial charge on any atom is -0.334 e. The van der Waals surface area contributed by atoms with Crippen molar-refractivity contribution in [3.8, 4) is 0 Å². The van der Waals surface area contributed by atoms with Crippen LogP contribution in [0.1, 0.15) is 35.9 Å². The molecule has 1 aliphatic rings. The van der Waals surface area contributed by atoms with E-state index in [1.165, 1.54) is 6.07 Å². The molecule has 3 rings (SSSR count). The maximum Gasteiger partial charge on any atom is 0.213 e. The van der Waals surface area contributed by atoms with E-state index >= 15 is 0 Å². The van der Waals surface area contributed by atoms with Crippen LogP contribution >= 0.6 is 11.6 Å². The third kappa shape index (κ3) is 3.78. The highest BCUT2D eigenvalue weighted by molar-refractivity contribution is 6.30. The van der Waals surface area contributed by atoms with Gasteiger partial charge in [-0.3, -0.25) is 0 Å². The lowest BCUT2D eigenvalue weighted by Crippen LogP contribution is -2.20. The van der Waals surface area contributed by atoms with E-state index in [4.69, 9.17) is 11.6 Å². The fraction of sp³-hybridized carbons (Fsp3) is 0.263. The standard InChI is InChI=1S/C19H18ClFN4/c1-3-7-14-13(2)19(20)24-23-16(14)12-25-11-5-4-9-17(25)15-8-6-10-18(21)22-15/h4-6,8,10-11H,3,7,12H2,1-2H3. The fourth-order valence-electron chi connectivity index (χ4n) is 2.78. The van der Waals surface area contributed by atoms with Gasteiger partial charge in [-0.1, -0.05) is 36.7 Å². The molecule has 0 atom stereocenters. The number of hydrogen-bond acceptors (Lipinski definition) is 4. The lowest BCUT2D eigenvalue weighted by molar-refractivity contribution is 0.501. The van der Waals surface area contributed by atoms with Gasteiger partial charge >= 0.3 is 0 Å². The molecule has 2 aromatic rings. The molecule has 0 aliphatic carbocycles. The number of hydrogen-bond donors (Lipinski definition) is 0. The fourth-order valence-corrected chi connectivity index (χ4v) is 2.93. The molecule has 0 aromatic carbocycles. The smallest absolute Gasteiger partial charge is 0.213 e. The summed E-state index contributed by atoms with van der Waals surface area (Å²) in [5.41, 5.74) is 7.27. The van der Waals surface area contributed by atoms with Crippen molar-refractivity contribution in [1.29, 1.82) is 0 Å². The predicted molar refractivity (Wildman–Crippen MR) is 96.1 cm³/mol. The van der Waals surface area contributed by atoms with Gasteiger partial charge in [0.2, 0.25) is 5.95 Å². The second-order valence-electron chi connectivity index (χ2n) is 5.77. The van der Waals surface area contributed by atoms with Gasteiger partial charge in [-0.05, 0) is 48.8 Å². The summed E-state index contributed by atoms with van der Waals surface area (Å²) in [6.45, 7) is 4.57. The van der Waals surface area contributed by atoms with E-state index in [-0.39, 0.29) is 0 Å². The van der Waals surface area contributed by atoms with Crippen molar-refractivity contribution >= 4 is 17.3 Å². The van der Waals surface area contributed by atoms with Crippen molar-refractivity contribution in [2.75, 3.05) is 0 Å². The van der Waals surface area contributed by atoms with Crippen LogP contribution in [0, 0.1) is 12.9 Å². The number of rotatable bonds is 5. The number of allylic oxidation sites excluding steroid dienone is 2. The molecule has 1 aliphatic heterocycles. The van der Waals surface area contributed by atoms with E-state index in [9.17, 15) is 4.39 Å². The average molecular weight is 357 g/mol. The van der Waals surface area contributed by atoms with Crippen LogP contribution in [0.3, 0.4) is 0 Å². The second kappa shape index (κ2) is 7.60. The molecule has 0 saturated carbocycles. The van der Waals surface area contributed by atoms with E-state index in [1.807, 2.05) is 24.1 Å². The van der Waals surface area contributed by atoms with E-state index in [2.05, 4.69) is 27.8 Å². The minimum absolute atomic E-state index is 0.434. The molecule has 0 spiro atoms. The Morgan fingerprint density at radius 1 is 1.28 bits per heavy atom. The number of pyridine rings is 1. The summed E-state index contributed by atoms with van der Waals surface area (Å²) < 4.78 is 13.5. The summed E-state index contributed by atoms with van der Waals surface area (Å²) in [7, 11) is 0. The van der Waals surface area contributed by atoms with Crippen LogP contribution in [-0.4, -0.2) is 20.1 Å². The monoisotopic (exact) mass is 356 g/mol. The third-order valence-electron chi connectivity index (χ3n) is 4.02. The lowest BCUT2D eigenvalue weighted by Gasteiger charge is -2.24. The Hall–Kier alpha value is -2.49. The van der Waals surface area contributed by atoms with Gasteiger partial charge in [0.15, 0.2) is 5.15 Å². The molecule has 2 aromatic heterocycles. The molecule has 128 valence electrons. The summed E-state index contributed by atoms with van der Waals surface area (Å²) in [6, 6.07) is 4.72. The van der Waals surface area contributed by atoms with Crippen LogP contribution < -0.4 is 0 Å². The Balaban J connectivity index is 1.96. The van der Waals surface area contributed by atoms with Crippen molar-refractivity contribution in [1.82, 2.24) is 20.1 Å². The van der Waals surface area contributed by atoms with Crippen LogP contribution in [0.25, 0.3) is 5.70 Å². The SMILES string of the molecule is CCCc1c(CN2C=CC=C=C2c2cccc(F)n2)nnc(Cl)c1C. The summed E-state index contributed by atoms with van der Waals surface area (Å²) in [4.78, 5) is 5.90. The van der Waals surface area contributed by atoms with Crippen molar-refractivity contribution in [2.24, 2.45) is 0 Å². The Morgan fingerprint density at radius 3 is 2.88 bits per heavy atom.